The van der Waals surface area contributed by atoms with Crippen LogP contribution in [-0.4, -0.2) is 6.04 Å². The quantitative estimate of drug-likeness (QED) is 0.894. The number of halogens is 1. The highest BCUT2D eigenvalue weighted by molar-refractivity contribution is 5.29. The molecule has 2 N–H and O–H groups in total. The van der Waals surface area contributed by atoms with Crippen molar-refractivity contribution in [1.29, 1.82) is 0 Å². The van der Waals surface area contributed by atoms with Crippen LogP contribution in [0.2, 0.25) is 0 Å². The second-order valence-electron chi connectivity index (χ2n) is 4.96. The zero-order chi connectivity index (χ0) is 14.5. The topological polar surface area (TPSA) is 35.2 Å². The van der Waals surface area contributed by atoms with Crippen LogP contribution in [0, 0.1) is 12.7 Å². The second kappa shape index (κ2) is 6.53. The van der Waals surface area contributed by atoms with Crippen molar-refractivity contribution < 1.29 is 9.13 Å². The normalized spacial score (nSPS) is 13.8. The van der Waals surface area contributed by atoms with Crippen LogP contribution in [0.3, 0.4) is 0 Å². The maximum atomic E-state index is 13.7. The maximum Gasteiger partial charge on any atom is 0.165 e. The van der Waals surface area contributed by atoms with Crippen molar-refractivity contribution in [3.8, 4) is 5.75 Å². The van der Waals surface area contributed by atoms with Gasteiger partial charge in [0, 0.05) is 6.04 Å². The van der Waals surface area contributed by atoms with Crippen LogP contribution in [0.1, 0.15) is 30.6 Å². The summed E-state index contributed by atoms with van der Waals surface area (Å²) in [4.78, 5) is 0. The molecule has 106 valence electrons. The molecule has 2 nitrogen and oxygen atoms in total. The van der Waals surface area contributed by atoms with Crippen LogP contribution < -0.4 is 10.5 Å². The van der Waals surface area contributed by atoms with Gasteiger partial charge in [-0.1, -0.05) is 48.9 Å². The molecule has 2 rings (SSSR count). The third-order valence-corrected chi connectivity index (χ3v) is 3.32. The standard InChI is InChI=1S/C17H20FNO/c1-3-15(19)17(13-8-6-7-12(2)11-13)20-16-10-5-4-9-14(16)18/h4-11,15,17H,3,19H2,1-2H3. The first-order valence-corrected chi connectivity index (χ1v) is 6.85. The van der Waals surface area contributed by atoms with Crippen molar-refractivity contribution in [2.24, 2.45) is 5.73 Å². The number of hydrogen-bond donors (Lipinski definition) is 1. The van der Waals surface area contributed by atoms with Crippen molar-refractivity contribution >= 4 is 0 Å². The van der Waals surface area contributed by atoms with E-state index in [2.05, 4.69) is 0 Å². The van der Waals surface area contributed by atoms with E-state index in [1.54, 1.807) is 18.2 Å². The van der Waals surface area contributed by atoms with Crippen LogP contribution in [0.5, 0.6) is 5.75 Å². The Kier molecular flexibility index (Phi) is 4.74. The Morgan fingerprint density at radius 1 is 1.15 bits per heavy atom. The summed E-state index contributed by atoms with van der Waals surface area (Å²) in [6, 6.07) is 14.2. The van der Waals surface area contributed by atoms with E-state index in [9.17, 15) is 4.39 Å². The molecule has 0 saturated carbocycles. The Balaban J connectivity index is 2.31. The van der Waals surface area contributed by atoms with E-state index >= 15 is 0 Å². The molecule has 0 saturated heterocycles. The fourth-order valence-electron chi connectivity index (χ4n) is 2.14. The molecule has 0 radical (unpaired) electrons. The molecule has 2 aromatic rings. The van der Waals surface area contributed by atoms with Crippen molar-refractivity contribution in [2.45, 2.75) is 32.4 Å². The summed E-state index contributed by atoms with van der Waals surface area (Å²) in [6.07, 6.45) is 0.407. The van der Waals surface area contributed by atoms with Gasteiger partial charge in [-0.2, -0.15) is 0 Å². The summed E-state index contributed by atoms with van der Waals surface area (Å²) in [5.41, 5.74) is 8.26. The summed E-state index contributed by atoms with van der Waals surface area (Å²) in [5, 5.41) is 0. The van der Waals surface area contributed by atoms with Gasteiger partial charge in [0.25, 0.3) is 0 Å². The Labute approximate surface area is 119 Å². The third kappa shape index (κ3) is 3.36. The van der Waals surface area contributed by atoms with Crippen molar-refractivity contribution in [2.75, 3.05) is 0 Å². The molecule has 0 fully saturated rings. The van der Waals surface area contributed by atoms with E-state index in [1.807, 2.05) is 38.1 Å². The molecule has 0 heterocycles. The Hall–Kier alpha value is -1.87. The molecular weight excluding hydrogens is 253 g/mol. The highest BCUT2D eigenvalue weighted by Crippen LogP contribution is 2.27. The molecular formula is C17H20FNO. The minimum absolute atomic E-state index is 0.184. The van der Waals surface area contributed by atoms with Gasteiger partial charge in [0.15, 0.2) is 11.6 Å². The molecule has 0 aliphatic rings. The van der Waals surface area contributed by atoms with E-state index < -0.39 is 0 Å². The van der Waals surface area contributed by atoms with Gasteiger partial charge in [0.05, 0.1) is 0 Å². The van der Waals surface area contributed by atoms with Gasteiger partial charge in [-0.3, -0.25) is 0 Å². The number of rotatable bonds is 5. The number of para-hydroxylation sites is 1. The number of nitrogens with two attached hydrogens (primary N) is 1. The third-order valence-electron chi connectivity index (χ3n) is 3.32. The van der Waals surface area contributed by atoms with Crippen LogP contribution in [0.25, 0.3) is 0 Å². The van der Waals surface area contributed by atoms with E-state index in [4.69, 9.17) is 10.5 Å². The molecule has 20 heavy (non-hydrogen) atoms. The summed E-state index contributed by atoms with van der Waals surface area (Å²) < 4.78 is 19.6. The van der Waals surface area contributed by atoms with Crippen molar-refractivity contribution in [3.63, 3.8) is 0 Å². The van der Waals surface area contributed by atoms with E-state index in [1.165, 1.54) is 6.07 Å². The van der Waals surface area contributed by atoms with E-state index in [0.717, 1.165) is 17.5 Å². The first-order chi connectivity index (χ1) is 9.61. The molecule has 3 heteroatoms. The minimum Gasteiger partial charge on any atom is -0.481 e. The maximum absolute atomic E-state index is 13.7. The Morgan fingerprint density at radius 3 is 2.55 bits per heavy atom. The van der Waals surface area contributed by atoms with Crippen LogP contribution in [0.15, 0.2) is 48.5 Å². The first-order valence-electron chi connectivity index (χ1n) is 6.85. The summed E-state index contributed by atoms with van der Waals surface area (Å²) >= 11 is 0. The highest BCUT2D eigenvalue weighted by Gasteiger charge is 2.21. The lowest BCUT2D eigenvalue weighted by molar-refractivity contribution is 0.163. The Bertz CT molecular complexity index is 570. The SMILES string of the molecule is CCC(N)C(Oc1ccccc1F)c1cccc(C)c1. The molecule has 0 aromatic heterocycles. The smallest absolute Gasteiger partial charge is 0.165 e. The molecule has 2 atom stereocenters. The average molecular weight is 273 g/mol. The minimum atomic E-state index is -0.367. The lowest BCUT2D eigenvalue weighted by Crippen LogP contribution is -2.31. The molecule has 2 aromatic carbocycles. The van der Waals surface area contributed by atoms with Gasteiger partial charge in [-0.15, -0.1) is 0 Å². The first kappa shape index (κ1) is 14.5. The van der Waals surface area contributed by atoms with Gasteiger partial charge >= 0.3 is 0 Å². The number of ether oxygens (including phenoxy) is 1. The fourth-order valence-corrected chi connectivity index (χ4v) is 2.14. The molecule has 0 aliphatic carbocycles. The predicted octanol–water partition coefficient (Wildman–Crippen LogP) is 3.99. The van der Waals surface area contributed by atoms with Gasteiger partial charge in [-0.05, 0) is 31.0 Å². The average Bonchev–Trinajstić information content (AvgIpc) is 2.45. The number of benzene rings is 2. The van der Waals surface area contributed by atoms with E-state index in [0.29, 0.717) is 0 Å². The summed E-state index contributed by atoms with van der Waals surface area (Å²) in [7, 11) is 0. The number of aryl methyl sites for hydroxylation is 1. The molecule has 0 amide bonds. The molecule has 0 bridgehead atoms. The second-order valence-corrected chi connectivity index (χ2v) is 4.96. The predicted molar refractivity (Wildman–Crippen MR) is 79.2 cm³/mol. The lowest BCUT2D eigenvalue weighted by atomic mass is 9.99. The van der Waals surface area contributed by atoms with Crippen LogP contribution in [-0.2, 0) is 0 Å². The van der Waals surface area contributed by atoms with Gasteiger partial charge in [0.2, 0.25) is 0 Å². The largest absolute Gasteiger partial charge is 0.481 e. The van der Waals surface area contributed by atoms with E-state index in [-0.39, 0.29) is 23.7 Å². The van der Waals surface area contributed by atoms with Gasteiger partial charge < -0.3 is 10.5 Å². The zero-order valence-electron chi connectivity index (χ0n) is 11.8. The van der Waals surface area contributed by atoms with Crippen molar-refractivity contribution in [1.82, 2.24) is 0 Å². The molecule has 0 spiro atoms. The summed E-state index contributed by atoms with van der Waals surface area (Å²) in [6.45, 7) is 4.01. The fraction of sp³-hybridized carbons (Fsp3) is 0.294. The number of hydrogen-bond acceptors (Lipinski definition) is 2. The summed E-state index contributed by atoms with van der Waals surface area (Å²) in [5.74, 6) is -0.128. The monoisotopic (exact) mass is 273 g/mol. The van der Waals surface area contributed by atoms with Gasteiger partial charge in [0.1, 0.15) is 6.10 Å². The van der Waals surface area contributed by atoms with Crippen molar-refractivity contribution in [3.05, 3.63) is 65.5 Å². The molecule has 2 unspecified atom stereocenters. The molecule has 0 aliphatic heterocycles. The van der Waals surface area contributed by atoms with Crippen LogP contribution in [0.4, 0.5) is 4.39 Å². The van der Waals surface area contributed by atoms with Gasteiger partial charge in [-0.25, -0.2) is 4.39 Å². The highest BCUT2D eigenvalue weighted by atomic mass is 19.1. The van der Waals surface area contributed by atoms with Crippen LogP contribution >= 0.6 is 0 Å². The zero-order valence-corrected chi connectivity index (χ0v) is 11.8. The lowest BCUT2D eigenvalue weighted by Gasteiger charge is -2.25. The Morgan fingerprint density at radius 2 is 1.90 bits per heavy atom.